The lowest BCUT2D eigenvalue weighted by atomic mass is 9.97. The van der Waals surface area contributed by atoms with Crippen LogP contribution in [-0.4, -0.2) is 158 Å². The summed E-state index contributed by atoms with van der Waals surface area (Å²) in [5.41, 5.74) is 0. The highest BCUT2D eigenvalue weighted by atomic mass is 16.7. The smallest absolute Gasteiger partial charge is 0.205 e. The molecule has 32 heavy (non-hydrogen) atoms. The maximum Gasteiger partial charge on any atom is 0.205 e. The van der Waals surface area contributed by atoms with Gasteiger partial charge in [-0.25, -0.2) is 0 Å². The number of likely N-dealkylation sites (N-methyl/N-ethyl adjacent to an activating group) is 1. The quantitative estimate of drug-likeness (QED) is 0.134. The zero-order chi connectivity index (χ0) is 24.2. The summed E-state index contributed by atoms with van der Waals surface area (Å²) in [6, 6.07) is 0. The molecule has 0 spiro atoms. The maximum atomic E-state index is 10.5. The van der Waals surface area contributed by atoms with E-state index in [2.05, 4.69) is 0 Å². The number of aliphatic hydroxyl groups excluding tert-OH is 6. The summed E-state index contributed by atoms with van der Waals surface area (Å²) in [7, 11) is 8.22. The van der Waals surface area contributed by atoms with Crippen molar-refractivity contribution in [3.05, 3.63) is 0 Å². The van der Waals surface area contributed by atoms with Gasteiger partial charge in [-0.15, -0.1) is 0 Å². The number of hydrogen-bond acceptors (Lipinski definition) is 12. The van der Waals surface area contributed by atoms with Crippen molar-refractivity contribution in [2.24, 2.45) is 0 Å². The Hall–Kier alpha value is -0.520. The number of rotatable bonds is 10. The largest absolute Gasteiger partial charge is 0.394 e. The fourth-order valence-corrected chi connectivity index (χ4v) is 3.74. The van der Waals surface area contributed by atoms with Crippen molar-refractivity contribution < 1.29 is 63.5 Å². The second-order valence-corrected chi connectivity index (χ2v) is 9.03. The third kappa shape index (κ3) is 6.76. The van der Waals surface area contributed by atoms with Crippen LogP contribution in [0.15, 0.2) is 0 Å². The van der Waals surface area contributed by atoms with Gasteiger partial charge in [0, 0.05) is 14.2 Å². The van der Waals surface area contributed by atoms with Crippen LogP contribution in [0.1, 0.15) is 0 Å². The van der Waals surface area contributed by atoms with Crippen LogP contribution < -0.4 is 0 Å². The molecule has 0 amide bonds. The second kappa shape index (κ2) is 11.8. The van der Waals surface area contributed by atoms with Crippen LogP contribution >= 0.6 is 0 Å². The molecule has 6 N–H and O–H groups in total. The van der Waals surface area contributed by atoms with Gasteiger partial charge in [0.05, 0.1) is 34.4 Å². The summed E-state index contributed by atoms with van der Waals surface area (Å²) in [5, 5.41) is 61.3. The highest BCUT2D eigenvalue weighted by Gasteiger charge is 2.51. The van der Waals surface area contributed by atoms with Crippen molar-refractivity contribution in [3.63, 3.8) is 0 Å². The van der Waals surface area contributed by atoms with Gasteiger partial charge in [0.25, 0.3) is 0 Å². The molecule has 2 aliphatic heterocycles. The topological polar surface area (TPSA) is 177 Å². The lowest BCUT2D eigenvalue weighted by molar-refractivity contribution is -0.876. The Bertz CT molecular complexity index is 561. The fraction of sp³-hybridized carbons (Fsp3) is 1.00. The molecule has 0 aliphatic carbocycles. The van der Waals surface area contributed by atoms with Gasteiger partial charge in [0.1, 0.15) is 55.4 Å². The number of aliphatic hydroxyl groups is 6. The van der Waals surface area contributed by atoms with E-state index in [1.165, 1.54) is 14.2 Å². The Balaban J connectivity index is 2.10. The van der Waals surface area contributed by atoms with Crippen molar-refractivity contribution in [2.45, 2.75) is 67.7 Å². The normalized spacial score (nSPS) is 42.1. The molecule has 13 heteroatoms. The summed E-state index contributed by atoms with van der Waals surface area (Å²) in [5.74, 6) is 0. The Morgan fingerprint density at radius 2 is 1.38 bits per heavy atom. The first-order valence-corrected chi connectivity index (χ1v) is 10.4. The molecule has 0 aromatic carbocycles. The molecule has 2 heterocycles. The molecule has 2 aliphatic rings. The van der Waals surface area contributed by atoms with Crippen molar-refractivity contribution in [3.8, 4) is 0 Å². The summed E-state index contributed by atoms with van der Waals surface area (Å²) >= 11 is 0. The van der Waals surface area contributed by atoms with Crippen LogP contribution in [0, 0.1) is 0 Å². The number of methoxy groups -OCH3 is 2. The highest BCUT2D eigenvalue weighted by molar-refractivity contribution is 4.94. The molecule has 11 unspecified atom stereocenters. The van der Waals surface area contributed by atoms with Crippen LogP contribution in [0.5, 0.6) is 0 Å². The standard InChI is InChI=1S/C19H38NO12/c1-20(2,3)6-11(22)29-8-10-16(27-4)12(23)15(26)19(31-10)32-17-9(7-21)30-18(28-5)14(25)13(17)24/h9-19,21-26H,6-8H2,1-5H3/q+1. The molecular formula is C19H38NO12+. The molecule has 0 aromatic heterocycles. The summed E-state index contributed by atoms with van der Waals surface area (Å²) in [6.45, 7) is -0.479. The minimum absolute atomic E-state index is 0.190. The minimum Gasteiger partial charge on any atom is -0.394 e. The zero-order valence-corrected chi connectivity index (χ0v) is 19.1. The van der Waals surface area contributed by atoms with E-state index in [0.29, 0.717) is 4.48 Å². The SMILES string of the molecule is COC1OC(CO)C(OC2OC(COC(O)C[N+](C)(C)C)C(OC)C(O)C2O)C(O)C1O. The van der Waals surface area contributed by atoms with Crippen molar-refractivity contribution in [1.82, 2.24) is 0 Å². The average Bonchev–Trinajstić information content (AvgIpc) is 2.72. The number of ether oxygens (including phenoxy) is 6. The summed E-state index contributed by atoms with van der Waals surface area (Å²) in [6.07, 6.45) is -14.2. The van der Waals surface area contributed by atoms with Crippen molar-refractivity contribution in [2.75, 3.05) is 55.1 Å². The molecule has 0 bridgehead atoms. The Morgan fingerprint density at radius 1 is 0.812 bits per heavy atom. The fourth-order valence-electron chi connectivity index (χ4n) is 3.74. The first kappa shape index (κ1) is 27.7. The number of quaternary nitrogens is 1. The van der Waals surface area contributed by atoms with Gasteiger partial charge in [0.15, 0.2) is 12.6 Å². The van der Waals surface area contributed by atoms with Gasteiger partial charge >= 0.3 is 0 Å². The predicted molar refractivity (Wildman–Crippen MR) is 106 cm³/mol. The van der Waals surface area contributed by atoms with E-state index in [-0.39, 0.29) is 13.2 Å². The lowest BCUT2D eigenvalue weighted by Crippen LogP contribution is -2.65. The number of nitrogens with zero attached hydrogens (tertiary/aromatic N) is 1. The lowest BCUT2D eigenvalue weighted by Gasteiger charge is -2.46. The molecule has 2 rings (SSSR count). The van der Waals surface area contributed by atoms with E-state index in [1.807, 2.05) is 21.1 Å². The monoisotopic (exact) mass is 472 g/mol. The van der Waals surface area contributed by atoms with Crippen LogP contribution in [0.4, 0.5) is 0 Å². The van der Waals surface area contributed by atoms with Crippen molar-refractivity contribution >= 4 is 0 Å². The first-order valence-electron chi connectivity index (χ1n) is 10.4. The van der Waals surface area contributed by atoms with Crippen LogP contribution in [0.25, 0.3) is 0 Å². The van der Waals surface area contributed by atoms with Gasteiger partial charge in [0.2, 0.25) is 6.29 Å². The van der Waals surface area contributed by atoms with Gasteiger partial charge in [-0.1, -0.05) is 0 Å². The molecule has 13 nitrogen and oxygen atoms in total. The minimum atomic E-state index is -1.59. The Labute approximate surface area is 187 Å². The third-order valence-electron chi connectivity index (χ3n) is 5.41. The van der Waals surface area contributed by atoms with E-state index in [9.17, 15) is 30.6 Å². The highest BCUT2D eigenvalue weighted by Crippen LogP contribution is 2.30. The molecule has 190 valence electrons. The van der Waals surface area contributed by atoms with Gasteiger partial charge in [-0.05, 0) is 0 Å². The molecule has 0 radical (unpaired) electrons. The Morgan fingerprint density at radius 3 is 1.91 bits per heavy atom. The van der Waals surface area contributed by atoms with Gasteiger partial charge < -0.3 is 63.5 Å². The third-order valence-corrected chi connectivity index (χ3v) is 5.41. The molecule has 11 atom stereocenters. The van der Waals surface area contributed by atoms with Crippen LogP contribution in [-0.2, 0) is 28.4 Å². The summed E-state index contributed by atoms with van der Waals surface area (Å²) < 4.78 is 32.8. The van der Waals surface area contributed by atoms with Crippen LogP contribution in [0.3, 0.4) is 0 Å². The predicted octanol–water partition coefficient (Wildman–Crippen LogP) is -4.04. The average molecular weight is 473 g/mol. The first-order chi connectivity index (χ1) is 14.9. The molecule has 2 fully saturated rings. The zero-order valence-electron chi connectivity index (χ0n) is 19.1. The number of hydrogen-bond donors (Lipinski definition) is 6. The Kier molecular flexibility index (Phi) is 10.2. The van der Waals surface area contributed by atoms with Gasteiger partial charge in [-0.2, -0.15) is 0 Å². The van der Waals surface area contributed by atoms with E-state index < -0.39 is 74.3 Å². The molecule has 2 saturated heterocycles. The van der Waals surface area contributed by atoms with Crippen molar-refractivity contribution in [1.29, 1.82) is 0 Å². The second-order valence-electron chi connectivity index (χ2n) is 9.03. The molecule has 0 saturated carbocycles. The summed E-state index contributed by atoms with van der Waals surface area (Å²) in [4.78, 5) is 0. The van der Waals surface area contributed by atoms with E-state index >= 15 is 0 Å². The maximum absolute atomic E-state index is 10.5. The van der Waals surface area contributed by atoms with E-state index in [0.717, 1.165) is 0 Å². The molecular weight excluding hydrogens is 434 g/mol. The van der Waals surface area contributed by atoms with E-state index in [4.69, 9.17) is 28.4 Å². The van der Waals surface area contributed by atoms with Gasteiger partial charge in [-0.3, -0.25) is 0 Å². The molecule has 0 aromatic rings. The van der Waals surface area contributed by atoms with Crippen LogP contribution in [0.2, 0.25) is 0 Å². The van der Waals surface area contributed by atoms with E-state index in [1.54, 1.807) is 0 Å².